The minimum absolute atomic E-state index is 0.00224. The Balaban J connectivity index is 2.41. The molecule has 0 fully saturated rings. The number of ether oxygens (including phenoxy) is 1. The van der Waals surface area contributed by atoms with Gasteiger partial charge in [0.25, 0.3) is 5.88 Å². The molecule has 90 valence electrons. The topological polar surface area (TPSA) is 58.8 Å². The molecule has 7 heteroatoms. The Kier molecular flexibility index (Phi) is 3.75. The number of hydrogen-bond acceptors (Lipinski definition) is 4. The largest absolute Gasteiger partial charge is 0.435 e. The molecular formula is C11H4BrClFN3O. The van der Waals surface area contributed by atoms with Crippen LogP contribution in [0.15, 0.2) is 29.0 Å². The Bertz CT molecular complexity index is 645. The van der Waals surface area contributed by atoms with Crippen LogP contribution in [0.5, 0.6) is 11.6 Å². The standard InChI is InChI=1S/C11H4BrClFN3O/c12-6-3-7(13)8(14)4-10(6)18-11-9(5-15)16-1-2-17-11/h1-4H. The van der Waals surface area contributed by atoms with E-state index in [0.29, 0.717) is 4.47 Å². The summed E-state index contributed by atoms with van der Waals surface area (Å²) in [6, 6.07) is 4.28. The van der Waals surface area contributed by atoms with Gasteiger partial charge in [0.1, 0.15) is 17.6 Å². The highest BCUT2D eigenvalue weighted by Crippen LogP contribution is 2.33. The first kappa shape index (κ1) is 12.7. The van der Waals surface area contributed by atoms with Gasteiger partial charge in [0, 0.05) is 18.5 Å². The average molecular weight is 329 g/mol. The van der Waals surface area contributed by atoms with Gasteiger partial charge in [0.15, 0.2) is 0 Å². The lowest BCUT2D eigenvalue weighted by Gasteiger charge is -2.08. The second kappa shape index (κ2) is 5.29. The summed E-state index contributed by atoms with van der Waals surface area (Å²) < 4.78 is 19.1. The Morgan fingerprint density at radius 1 is 1.33 bits per heavy atom. The Morgan fingerprint density at radius 2 is 2.06 bits per heavy atom. The van der Waals surface area contributed by atoms with Crippen molar-refractivity contribution < 1.29 is 9.13 Å². The third kappa shape index (κ3) is 2.58. The maximum Gasteiger partial charge on any atom is 0.256 e. The molecule has 0 saturated carbocycles. The molecule has 0 bridgehead atoms. The average Bonchev–Trinajstić information content (AvgIpc) is 2.36. The van der Waals surface area contributed by atoms with Crippen LogP contribution in [0.2, 0.25) is 5.02 Å². The van der Waals surface area contributed by atoms with Crippen molar-refractivity contribution in [2.24, 2.45) is 0 Å². The smallest absolute Gasteiger partial charge is 0.256 e. The van der Waals surface area contributed by atoms with E-state index < -0.39 is 5.82 Å². The van der Waals surface area contributed by atoms with Crippen LogP contribution < -0.4 is 4.74 Å². The SMILES string of the molecule is N#Cc1nccnc1Oc1cc(F)c(Cl)cc1Br. The highest BCUT2D eigenvalue weighted by Gasteiger charge is 2.12. The molecule has 0 radical (unpaired) electrons. The van der Waals surface area contributed by atoms with Crippen LogP contribution in [0.4, 0.5) is 4.39 Å². The van der Waals surface area contributed by atoms with Crippen molar-refractivity contribution in [3.8, 4) is 17.7 Å². The molecule has 1 aromatic heterocycles. The predicted molar refractivity (Wildman–Crippen MR) is 65.9 cm³/mol. The third-order valence-corrected chi connectivity index (χ3v) is 2.86. The summed E-state index contributed by atoms with van der Waals surface area (Å²) in [7, 11) is 0. The van der Waals surface area contributed by atoms with E-state index in [1.54, 1.807) is 0 Å². The summed E-state index contributed by atoms with van der Waals surface area (Å²) >= 11 is 8.78. The molecule has 0 N–H and O–H groups in total. The summed E-state index contributed by atoms with van der Waals surface area (Å²) in [4.78, 5) is 7.63. The fraction of sp³-hybridized carbons (Fsp3) is 0. The van der Waals surface area contributed by atoms with Gasteiger partial charge in [-0.25, -0.2) is 14.4 Å². The first-order valence-electron chi connectivity index (χ1n) is 4.65. The summed E-state index contributed by atoms with van der Waals surface area (Å²) in [5.41, 5.74) is 0.0137. The van der Waals surface area contributed by atoms with Gasteiger partial charge in [-0.15, -0.1) is 0 Å². The van der Waals surface area contributed by atoms with Gasteiger partial charge in [-0.3, -0.25) is 0 Å². The molecule has 0 aliphatic carbocycles. The monoisotopic (exact) mass is 327 g/mol. The fourth-order valence-electron chi connectivity index (χ4n) is 1.16. The maximum absolute atomic E-state index is 13.3. The molecular weight excluding hydrogens is 324 g/mol. The van der Waals surface area contributed by atoms with E-state index in [1.807, 2.05) is 6.07 Å². The lowest BCUT2D eigenvalue weighted by molar-refractivity contribution is 0.450. The van der Waals surface area contributed by atoms with Gasteiger partial charge >= 0.3 is 0 Å². The normalized spacial score (nSPS) is 9.89. The fourth-order valence-corrected chi connectivity index (χ4v) is 1.88. The van der Waals surface area contributed by atoms with Gasteiger partial charge < -0.3 is 4.74 Å². The Labute approximate surface area is 115 Å². The third-order valence-electron chi connectivity index (χ3n) is 1.95. The molecule has 0 spiro atoms. The lowest BCUT2D eigenvalue weighted by atomic mass is 10.3. The maximum atomic E-state index is 13.3. The summed E-state index contributed by atoms with van der Waals surface area (Å²) in [5.74, 6) is -0.464. The van der Waals surface area contributed by atoms with Gasteiger partial charge in [-0.2, -0.15) is 5.26 Å². The van der Waals surface area contributed by atoms with Crippen molar-refractivity contribution in [2.45, 2.75) is 0 Å². The molecule has 2 rings (SSSR count). The number of rotatable bonds is 2. The molecule has 2 aromatic rings. The zero-order chi connectivity index (χ0) is 13.1. The first-order valence-corrected chi connectivity index (χ1v) is 5.82. The summed E-state index contributed by atoms with van der Waals surface area (Å²) in [6.45, 7) is 0. The second-order valence-electron chi connectivity index (χ2n) is 3.12. The Morgan fingerprint density at radius 3 is 2.78 bits per heavy atom. The molecule has 0 aliphatic rings. The van der Waals surface area contributed by atoms with E-state index in [1.165, 1.54) is 18.5 Å². The second-order valence-corrected chi connectivity index (χ2v) is 4.38. The van der Waals surface area contributed by atoms with E-state index in [-0.39, 0.29) is 22.3 Å². The molecule has 0 atom stereocenters. The van der Waals surface area contributed by atoms with E-state index in [4.69, 9.17) is 21.6 Å². The van der Waals surface area contributed by atoms with Crippen LogP contribution in [0.1, 0.15) is 5.69 Å². The van der Waals surface area contributed by atoms with Crippen molar-refractivity contribution >= 4 is 27.5 Å². The quantitative estimate of drug-likeness (QED) is 0.789. The predicted octanol–water partition coefficient (Wildman–Crippen LogP) is 3.70. The van der Waals surface area contributed by atoms with Crippen molar-refractivity contribution in [2.75, 3.05) is 0 Å². The molecule has 0 unspecified atom stereocenters. The van der Waals surface area contributed by atoms with Crippen LogP contribution in [0.3, 0.4) is 0 Å². The number of benzene rings is 1. The molecule has 0 aliphatic heterocycles. The number of aromatic nitrogens is 2. The van der Waals surface area contributed by atoms with Gasteiger partial charge in [0.2, 0.25) is 5.69 Å². The van der Waals surface area contributed by atoms with Crippen molar-refractivity contribution in [3.63, 3.8) is 0 Å². The minimum Gasteiger partial charge on any atom is -0.435 e. The highest BCUT2D eigenvalue weighted by atomic mass is 79.9. The Hall–Kier alpha value is -1.71. The number of halogens is 3. The highest BCUT2D eigenvalue weighted by molar-refractivity contribution is 9.10. The molecule has 0 saturated heterocycles. The molecule has 4 nitrogen and oxygen atoms in total. The van der Waals surface area contributed by atoms with Crippen LogP contribution in [0, 0.1) is 17.1 Å². The minimum atomic E-state index is -0.628. The molecule has 1 heterocycles. The molecule has 1 aromatic carbocycles. The van der Waals surface area contributed by atoms with E-state index in [2.05, 4.69) is 25.9 Å². The molecule has 18 heavy (non-hydrogen) atoms. The number of nitrogens with zero attached hydrogens (tertiary/aromatic N) is 3. The first-order chi connectivity index (χ1) is 8.61. The van der Waals surface area contributed by atoms with Crippen LogP contribution in [-0.2, 0) is 0 Å². The summed E-state index contributed by atoms with van der Waals surface area (Å²) in [6.07, 6.45) is 2.74. The zero-order valence-electron chi connectivity index (χ0n) is 8.69. The lowest BCUT2D eigenvalue weighted by Crippen LogP contribution is -1.95. The van der Waals surface area contributed by atoms with Crippen molar-refractivity contribution in [1.82, 2.24) is 9.97 Å². The molecule has 0 amide bonds. The number of nitriles is 1. The van der Waals surface area contributed by atoms with Crippen LogP contribution in [-0.4, -0.2) is 9.97 Å². The van der Waals surface area contributed by atoms with Gasteiger partial charge in [0.05, 0.1) is 9.50 Å². The van der Waals surface area contributed by atoms with Crippen LogP contribution >= 0.6 is 27.5 Å². The zero-order valence-corrected chi connectivity index (χ0v) is 11.0. The van der Waals surface area contributed by atoms with Crippen LogP contribution in [0.25, 0.3) is 0 Å². The van der Waals surface area contributed by atoms with E-state index in [0.717, 1.165) is 6.07 Å². The number of hydrogen-bond donors (Lipinski definition) is 0. The van der Waals surface area contributed by atoms with Crippen molar-refractivity contribution in [1.29, 1.82) is 5.26 Å². The van der Waals surface area contributed by atoms with Crippen molar-refractivity contribution in [3.05, 3.63) is 45.5 Å². The van der Waals surface area contributed by atoms with Gasteiger partial charge in [-0.1, -0.05) is 11.6 Å². The summed E-state index contributed by atoms with van der Waals surface area (Å²) in [5, 5.41) is 8.79. The van der Waals surface area contributed by atoms with E-state index >= 15 is 0 Å². The van der Waals surface area contributed by atoms with Gasteiger partial charge in [-0.05, 0) is 22.0 Å². The van der Waals surface area contributed by atoms with E-state index in [9.17, 15) is 4.39 Å².